The molecular formula is C26H23N2O+. The number of phenols is 1. The number of aromatic nitrogens is 2. The van der Waals surface area contributed by atoms with Gasteiger partial charge in [0.2, 0.25) is 16.7 Å². The van der Waals surface area contributed by atoms with Crippen molar-refractivity contribution in [3.8, 4) is 11.4 Å². The summed E-state index contributed by atoms with van der Waals surface area (Å²) in [6.45, 7) is 6.40. The maximum Gasteiger partial charge on any atom is 0.237 e. The molecule has 0 fully saturated rings. The Labute approximate surface area is 169 Å². The molecule has 5 aromatic rings. The zero-order valence-corrected chi connectivity index (χ0v) is 16.8. The van der Waals surface area contributed by atoms with Crippen LogP contribution in [0.3, 0.4) is 0 Å². The number of benzene rings is 4. The molecule has 0 amide bonds. The quantitative estimate of drug-likeness (QED) is 0.294. The van der Waals surface area contributed by atoms with E-state index in [2.05, 4.69) is 49.6 Å². The van der Waals surface area contributed by atoms with Gasteiger partial charge >= 0.3 is 0 Å². The van der Waals surface area contributed by atoms with E-state index in [4.69, 9.17) is 4.98 Å². The normalized spacial score (nSPS) is 12.1. The molecular weight excluding hydrogens is 356 g/mol. The van der Waals surface area contributed by atoms with Gasteiger partial charge in [0.15, 0.2) is 0 Å². The Hall–Kier alpha value is -3.46. The Kier molecular flexibility index (Phi) is 3.82. The molecule has 0 aliphatic carbocycles. The number of aromatic hydroxyl groups is 1. The molecule has 5 rings (SSSR count). The Morgan fingerprint density at radius 1 is 0.724 bits per heavy atom. The van der Waals surface area contributed by atoms with Crippen LogP contribution in [0.15, 0.2) is 78.9 Å². The van der Waals surface area contributed by atoms with Crippen molar-refractivity contribution in [1.29, 1.82) is 0 Å². The van der Waals surface area contributed by atoms with Gasteiger partial charge in [-0.1, -0.05) is 63.2 Å². The summed E-state index contributed by atoms with van der Waals surface area (Å²) in [4.78, 5) is 4.86. The van der Waals surface area contributed by atoms with Gasteiger partial charge < -0.3 is 5.11 Å². The molecule has 0 saturated carbocycles. The molecule has 29 heavy (non-hydrogen) atoms. The average molecular weight is 379 g/mol. The SMILES string of the molecule is CC(C)(C)c1cc(-[n+]2c3ccccc3nc3ccccc32)c2ccccc2c1O. The molecule has 0 saturated heterocycles. The van der Waals surface area contributed by atoms with Crippen molar-refractivity contribution >= 4 is 32.8 Å². The first-order valence-corrected chi connectivity index (χ1v) is 9.90. The van der Waals surface area contributed by atoms with Crippen molar-refractivity contribution in [2.24, 2.45) is 0 Å². The second kappa shape index (κ2) is 6.28. The molecule has 142 valence electrons. The fourth-order valence-corrected chi connectivity index (χ4v) is 4.11. The highest BCUT2D eigenvalue weighted by Gasteiger charge is 2.27. The van der Waals surface area contributed by atoms with Crippen LogP contribution in [0.1, 0.15) is 26.3 Å². The van der Waals surface area contributed by atoms with E-state index in [0.717, 1.165) is 44.1 Å². The highest BCUT2D eigenvalue weighted by atomic mass is 16.3. The van der Waals surface area contributed by atoms with Crippen LogP contribution in [0.25, 0.3) is 38.5 Å². The van der Waals surface area contributed by atoms with Crippen molar-refractivity contribution in [3.63, 3.8) is 0 Å². The summed E-state index contributed by atoms with van der Waals surface area (Å²) < 4.78 is 2.27. The van der Waals surface area contributed by atoms with Gasteiger partial charge in [-0.3, -0.25) is 0 Å². The highest BCUT2D eigenvalue weighted by molar-refractivity contribution is 5.96. The Morgan fingerprint density at radius 3 is 1.83 bits per heavy atom. The minimum atomic E-state index is -0.192. The fourth-order valence-electron chi connectivity index (χ4n) is 4.11. The van der Waals surface area contributed by atoms with E-state index >= 15 is 0 Å². The molecule has 1 N–H and O–H groups in total. The molecule has 3 heteroatoms. The molecule has 0 atom stereocenters. The number of hydrogen-bond donors (Lipinski definition) is 1. The second-order valence-corrected chi connectivity index (χ2v) is 8.51. The zero-order chi connectivity index (χ0) is 20.2. The minimum absolute atomic E-state index is 0.192. The molecule has 0 bridgehead atoms. The maximum atomic E-state index is 11.1. The van der Waals surface area contributed by atoms with Crippen molar-refractivity contribution in [1.82, 2.24) is 4.98 Å². The van der Waals surface area contributed by atoms with Crippen LogP contribution in [-0.2, 0) is 5.41 Å². The second-order valence-electron chi connectivity index (χ2n) is 8.51. The summed E-state index contributed by atoms with van der Waals surface area (Å²) in [5.41, 5.74) is 5.77. The number of hydrogen-bond acceptors (Lipinski definition) is 2. The Bertz CT molecular complexity index is 1340. The fraction of sp³-hybridized carbons (Fsp3) is 0.154. The van der Waals surface area contributed by atoms with Gasteiger partial charge in [0.25, 0.3) is 0 Å². The number of fused-ring (bicyclic) bond motifs is 3. The third-order valence-electron chi connectivity index (χ3n) is 5.53. The molecule has 0 aliphatic heterocycles. The lowest BCUT2D eigenvalue weighted by molar-refractivity contribution is -0.536. The standard InChI is InChI=1S/C26H22N2O/c1-26(2,3)19-16-24(17-10-4-5-11-18(17)25(19)29)28-22-14-8-6-12-20(22)27-21-13-7-9-15-23(21)28/h4-16H,1-3H3/p+1. The summed E-state index contributed by atoms with van der Waals surface area (Å²) >= 11 is 0. The highest BCUT2D eigenvalue weighted by Crippen LogP contribution is 2.39. The monoisotopic (exact) mass is 379 g/mol. The van der Waals surface area contributed by atoms with E-state index < -0.39 is 0 Å². The Balaban J connectivity index is 2.04. The summed E-state index contributed by atoms with van der Waals surface area (Å²) in [7, 11) is 0. The van der Waals surface area contributed by atoms with E-state index in [1.165, 1.54) is 0 Å². The summed E-state index contributed by atoms with van der Waals surface area (Å²) in [5, 5.41) is 12.9. The Morgan fingerprint density at radius 2 is 1.24 bits per heavy atom. The zero-order valence-electron chi connectivity index (χ0n) is 16.8. The van der Waals surface area contributed by atoms with E-state index in [-0.39, 0.29) is 5.41 Å². The number of nitrogens with zero attached hydrogens (tertiary/aromatic N) is 2. The molecule has 1 aromatic heterocycles. The topological polar surface area (TPSA) is 37.0 Å². The molecule has 1 heterocycles. The molecule has 3 nitrogen and oxygen atoms in total. The lowest BCUT2D eigenvalue weighted by Gasteiger charge is -2.22. The van der Waals surface area contributed by atoms with Gasteiger partial charge in [-0.2, -0.15) is 0 Å². The number of phenolic OH excluding ortho intramolecular Hbond substituents is 1. The largest absolute Gasteiger partial charge is 0.507 e. The third kappa shape index (κ3) is 2.73. The summed E-state index contributed by atoms with van der Waals surface area (Å²) in [5.74, 6) is 0.361. The first kappa shape index (κ1) is 17.6. The van der Waals surface area contributed by atoms with Gasteiger partial charge in [-0.05, 0) is 23.6 Å². The average Bonchev–Trinajstić information content (AvgIpc) is 2.72. The van der Waals surface area contributed by atoms with Crippen LogP contribution >= 0.6 is 0 Å². The number of rotatable bonds is 1. The van der Waals surface area contributed by atoms with Crippen LogP contribution in [0.4, 0.5) is 0 Å². The van der Waals surface area contributed by atoms with Crippen molar-refractivity contribution in [2.45, 2.75) is 26.2 Å². The lowest BCUT2D eigenvalue weighted by atomic mass is 9.84. The van der Waals surface area contributed by atoms with E-state index in [0.29, 0.717) is 5.75 Å². The van der Waals surface area contributed by atoms with E-state index in [1.807, 2.05) is 54.6 Å². The van der Waals surface area contributed by atoms with Crippen LogP contribution < -0.4 is 4.57 Å². The molecule has 0 radical (unpaired) electrons. The van der Waals surface area contributed by atoms with Gasteiger partial charge in [-0.25, -0.2) is 4.98 Å². The van der Waals surface area contributed by atoms with Crippen molar-refractivity contribution < 1.29 is 9.67 Å². The van der Waals surface area contributed by atoms with Gasteiger partial charge in [0, 0.05) is 29.1 Å². The minimum Gasteiger partial charge on any atom is -0.507 e. The molecule has 0 spiro atoms. The van der Waals surface area contributed by atoms with Crippen LogP contribution in [-0.4, -0.2) is 10.1 Å². The van der Waals surface area contributed by atoms with Gasteiger partial charge in [-0.15, -0.1) is 4.57 Å². The predicted octanol–water partition coefficient (Wildman–Crippen LogP) is 5.82. The molecule has 0 unspecified atom stereocenters. The maximum absolute atomic E-state index is 11.1. The van der Waals surface area contributed by atoms with Crippen LogP contribution in [0.2, 0.25) is 0 Å². The van der Waals surface area contributed by atoms with Crippen LogP contribution in [0.5, 0.6) is 5.75 Å². The van der Waals surface area contributed by atoms with E-state index in [1.54, 1.807) is 0 Å². The molecule has 4 aromatic carbocycles. The first-order chi connectivity index (χ1) is 13.9. The van der Waals surface area contributed by atoms with E-state index in [9.17, 15) is 5.11 Å². The summed E-state index contributed by atoms with van der Waals surface area (Å²) in [6, 6.07) is 26.6. The third-order valence-corrected chi connectivity index (χ3v) is 5.53. The first-order valence-electron chi connectivity index (χ1n) is 9.90. The predicted molar refractivity (Wildman–Crippen MR) is 119 cm³/mol. The van der Waals surface area contributed by atoms with Crippen molar-refractivity contribution in [2.75, 3.05) is 0 Å². The summed E-state index contributed by atoms with van der Waals surface area (Å²) in [6.07, 6.45) is 0. The smallest absolute Gasteiger partial charge is 0.237 e. The number of para-hydroxylation sites is 4. The van der Waals surface area contributed by atoms with Crippen LogP contribution in [0, 0.1) is 0 Å². The van der Waals surface area contributed by atoms with Gasteiger partial charge in [0.1, 0.15) is 16.8 Å². The van der Waals surface area contributed by atoms with Gasteiger partial charge in [0.05, 0.1) is 5.39 Å². The lowest BCUT2D eigenvalue weighted by Crippen LogP contribution is -2.34. The van der Waals surface area contributed by atoms with Crippen molar-refractivity contribution in [3.05, 3.63) is 84.4 Å². The molecule has 0 aliphatic rings.